The number of nitrogens with zero attached hydrogens (tertiary/aromatic N) is 2. The van der Waals surface area contributed by atoms with Gasteiger partial charge in [0.25, 0.3) is 0 Å². The van der Waals surface area contributed by atoms with Crippen molar-refractivity contribution in [3.8, 4) is 0 Å². The average molecular weight is 244 g/mol. The zero-order chi connectivity index (χ0) is 13.1. The molecule has 0 bridgehead atoms. The van der Waals surface area contributed by atoms with Crippen LogP contribution in [0, 0.1) is 0 Å². The number of ether oxygens (including phenoxy) is 3. The van der Waals surface area contributed by atoms with Crippen molar-refractivity contribution in [3.05, 3.63) is 5.53 Å². The lowest BCUT2D eigenvalue weighted by Crippen LogP contribution is -2.42. The predicted molar refractivity (Wildman–Crippen MR) is 56.2 cm³/mol. The third-order valence-electron chi connectivity index (χ3n) is 2.26. The molecule has 0 aromatic carbocycles. The highest BCUT2D eigenvalue weighted by Gasteiger charge is 2.44. The van der Waals surface area contributed by atoms with E-state index in [2.05, 4.69) is 9.53 Å². The first kappa shape index (κ1) is 13.8. The van der Waals surface area contributed by atoms with E-state index in [9.17, 15) is 9.90 Å². The minimum absolute atomic E-state index is 0.104. The van der Waals surface area contributed by atoms with Crippen LogP contribution in [0.15, 0.2) is 0 Å². The molecule has 1 aliphatic rings. The second-order valence-corrected chi connectivity index (χ2v) is 4.02. The Balaban J connectivity index is 2.72. The van der Waals surface area contributed by atoms with Gasteiger partial charge >= 0.3 is 11.7 Å². The first-order valence-electron chi connectivity index (χ1n) is 5.30. The molecule has 1 saturated heterocycles. The zero-order valence-electron chi connectivity index (χ0n) is 10.0. The summed E-state index contributed by atoms with van der Waals surface area (Å²) in [6.07, 6.45) is -2.15. The Bertz CT molecular complexity index is 349. The number of hydrogen-bond donors (Lipinski definition) is 1. The minimum atomic E-state index is -1.39. The quantitative estimate of drug-likeness (QED) is 0.317. The highest BCUT2D eigenvalue weighted by molar-refractivity contribution is 6.35. The van der Waals surface area contributed by atoms with Crippen LogP contribution in [0.5, 0.6) is 0 Å². The molecule has 0 saturated carbocycles. The first-order chi connectivity index (χ1) is 7.91. The Labute approximate surface area is 98.9 Å². The predicted octanol–water partition coefficient (Wildman–Crippen LogP) is -0.267. The van der Waals surface area contributed by atoms with E-state index in [-0.39, 0.29) is 13.2 Å². The molecule has 0 amide bonds. The van der Waals surface area contributed by atoms with Gasteiger partial charge in [0.15, 0.2) is 11.9 Å². The van der Waals surface area contributed by atoms with E-state index in [0.29, 0.717) is 0 Å². The number of carbonyl (C=O) groups is 1. The van der Waals surface area contributed by atoms with Crippen LogP contribution in [-0.4, -0.2) is 52.8 Å². The summed E-state index contributed by atoms with van der Waals surface area (Å²) in [5.41, 5.74) is 8.23. The van der Waals surface area contributed by atoms with E-state index in [1.165, 1.54) is 0 Å². The van der Waals surface area contributed by atoms with Gasteiger partial charge in [0, 0.05) is 0 Å². The molecule has 1 aliphatic heterocycles. The lowest BCUT2D eigenvalue weighted by Gasteiger charge is -2.18. The van der Waals surface area contributed by atoms with Gasteiger partial charge in [-0.15, -0.1) is 0 Å². The van der Waals surface area contributed by atoms with E-state index >= 15 is 0 Å². The van der Waals surface area contributed by atoms with Crippen LogP contribution >= 0.6 is 0 Å². The largest absolute Gasteiger partial charge is 0.457 e. The SMILES string of the molecule is CCOC(=O)C(=[N+]=[N-])[C@@H](O)[C@@H]1COC(C)(C)O1. The van der Waals surface area contributed by atoms with Crippen LogP contribution in [-0.2, 0) is 19.0 Å². The Morgan fingerprint density at radius 2 is 2.35 bits per heavy atom. The van der Waals surface area contributed by atoms with Gasteiger partial charge in [-0.05, 0) is 20.8 Å². The molecule has 0 radical (unpaired) electrons. The molecule has 1 N–H and O–H groups in total. The van der Waals surface area contributed by atoms with E-state index in [4.69, 9.17) is 15.0 Å². The Morgan fingerprint density at radius 1 is 1.71 bits per heavy atom. The smallest absolute Gasteiger partial charge is 0.419 e. The maximum atomic E-state index is 11.4. The molecule has 2 atom stereocenters. The first-order valence-corrected chi connectivity index (χ1v) is 5.30. The van der Waals surface area contributed by atoms with Gasteiger partial charge in [0.05, 0.1) is 13.2 Å². The normalized spacial score (nSPS) is 23.9. The molecule has 1 fully saturated rings. The number of esters is 1. The Hall–Kier alpha value is -1.27. The summed E-state index contributed by atoms with van der Waals surface area (Å²) in [4.78, 5) is 14.1. The number of rotatable bonds is 4. The molecule has 1 heterocycles. The summed E-state index contributed by atoms with van der Waals surface area (Å²) in [5.74, 6) is -1.71. The van der Waals surface area contributed by atoms with Crippen LogP contribution in [0.3, 0.4) is 0 Å². The molecule has 96 valence electrons. The summed E-state index contributed by atoms with van der Waals surface area (Å²) in [6.45, 7) is 5.20. The van der Waals surface area contributed by atoms with E-state index in [0.717, 1.165) is 0 Å². The highest BCUT2D eigenvalue weighted by atomic mass is 16.7. The number of carbonyl (C=O) groups excluding carboxylic acids is 1. The van der Waals surface area contributed by atoms with Gasteiger partial charge in [0.2, 0.25) is 0 Å². The minimum Gasteiger partial charge on any atom is -0.457 e. The van der Waals surface area contributed by atoms with Crippen molar-refractivity contribution in [1.29, 1.82) is 0 Å². The zero-order valence-corrected chi connectivity index (χ0v) is 10.0. The van der Waals surface area contributed by atoms with Crippen molar-refractivity contribution in [2.45, 2.75) is 38.8 Å². The van der Waals surface area contributed by atoms with Crippen LogP contribution in [0.1, 0.15) is 20.8 Å². The second kappa shape index (κ2) is 5.37. The Kier molecular flexibility index (Phi) is 4.36. The molecule has 0 aromatic heterocycles. The molecule has 0 unspecified atom stereocenters. The summed E-state index contributed by atoms with van der Waals surface area (Å²) >= 11 is 0. The van der Waals surface area contributed by atoms with Crippen LogP contribution in [0.4, 0.5) is 0 Å². The van der Waals surface area contributed by atoms with Crippen LogP contribution in [0.2, 0.25) is 0 Å². The summed E-state index contributed by atoms with van der Waals surface area (Å²) < 4.78 is 15.2. The highest BCUT2D eigenvalue weighted by Crippen LogP contribution is 2.24. The van der Waals surface area contributed by atoms with Gasteiger partial charge in [-0.2, -0.15) is 4.79 Å². The van der Waals surface area contributed by atoms with E-state index in [1.54, 1.807) is 20.8 Å². The van der Waals surface area contributed by atoms with Crippen molar-refractivity contribution in [3.63, 3.8) is 0 Å². The third-order valence-corrected chi connectivity index (χ3v) is 2.26. The maximum absolute atomic E-state index is 11.4. The van der Waals surface area contributed by atoms with Gasteiger partial charge < -0.3 is 24.8 Å². The molecular formula is C10H16N2O5. The monoisotopic (exact) mass is 244 g/mol. The van der Waals surface area contributed by atoms with Gasteiger partial charge in [0.1, 0.15) is 6.10 Å². The number of hydrogen-bond acceptors (Lipinski definition) is 5. The van der Waals surface area contributed by atoms with Gasteiger partial charge in [-0.25, -0.2) is 4.79 Å². The fraction of sp³-hybridized carbons (Fsp3) is 0.800. The lowest BCUT2D eigenvalue weighted by atomic mass is 10.1. The van der Waals surface area contributed by atoms with Crippen molar-refractivity contribution in [2.24, 2.45) is 0 Å². The van der Waals surface area contributed by atoms with Crippen molar-refractivity contribution >= 4 is 11.7 Å². The van der Waals surface area contributed by atoms with Crippen molar-refractivity contribution < 1.29 is 28.9 Å². The molecule has 17 heavy (non-hydrogen) atoms. The summed E-state index contributed by atoms with van der Waals surface area (Å²) in [7, 11) is 0. The topological polar surface area (TPSA) is 101 Å². The average Bonchev–Trinajstić information content (AvgIpc) is 2.60. The molecule has 7 heteroatoms. The van der Waals surface area contributed by atoms with Gasteiger partial charge in [-0.3, -0.25) is 0 Å². The molecule has 1 rings (SSSR count). The van der Waals surface area contributed by atoms with E-state index in [1.807, 2.05) is 0 Å². The molecular weight excluding hydrogens is 228 g/mol. The third kappa shape index (κ3) is 3.34. The second-order valence-electron chi connectivity index (χ2n) is 4.02. The van der Waals surface area contributed by atoms with Crippen molar-refractivity contribution in [2.75, 3.05) is 13.2 Å². The number of aliphatic hydroxyl groups excluding tert-OH is 1. The molecule has 0 spiro atoms. The van der Waals surface area contributed by atoms with Crippen LogP contribution < -0.4 is 0 Å². The Morgan fingerprint density at radius 3 is 2.76 bits per heavy atom. The molecule has 7 nitrogen and oxygen atoms in total. The van der Waals surface area contributed by atoms with Gasteiger partial charge in [-0.1, -0.05) is 0 Å². The molecule has 0 aliphatic carbocycles. The standard InChI is InChI=1S/C10H16N2O5/c1-4-15-9(14)7(12-11)8(13)6-5-16-10(2,3)17-6/h6,8,13H,4-5H2,1-3H3/t6-,8-/m0/s1. The van der Waals surface area contributed by atoms with E-state index < -0.39 is 29.7 Å². The van der Waals surface area contributed by atoms with Crippen molar-refractivity contribution in [1.82, 2.24) is 0 Å². The maximum Gasteiger partial charge on any atom is 0.419 e. The fourth-order valence-electron chi connectivity index (χ4n) is 1.47. The van der Waals surface area contributed by atoms with Crippen LogP contribution in [0.25, 0.3) is 5.53 Å². The molecule has 0 aromatic rings. The summed E-state index contributed by atoms with van der Waals surface area (Å²) in [5, 5.41) is 9.84. The fourth-order valence-corrected chi connectivity index (χ4v) is 1.47. The summed E-state index contributed by atoms with van der Waals surface area (Å²) in [6, 6.07) is 0. The number of aliphatic hydroxyl groups is 1. The lowest BCUT2D eigenvalue weighted by molar-refractivity contribution is -0.153.